The van der Waals surface area contributed by atoms with Crippen LogP contribution in [0.1, 0.15) is 18.1 Å². The highest BCUT2D eigenvalue weighted by Crippen LogP contribution is 2.21. The molecular weight excluding hydrogens is 238 g/mol. The lowest BCUT2D eigenvalue weighted by atomic mass is 10.0. The fraction of sp³-hybridized carbons (Fsp3) is 0.125. The molecule has 0 N–H and O–H groups in total. The molecule has 0 saturated carbocycles. The molecule has 0 saturated heterocycles. The molecule has 0 heterocycles. The lowest BCUT2D eigenvalue weighted by Gasteiger charge is -2.05. The summed E-state index contributed by atoms with van der Waals surface area (Å²) in [4.78, 5) is 10.7. The lowest BCUT2D eigenvalue weighted by molar-refractivity contribution is -0.142. The molecule has 0 atom stereocenters. The molecule has 3 heteroatoms. The van der Waals surface area contributed by atoms with E-state index in [1.54, 1.807) is 6.07 Å². The van der Waals surface area contributed by atoms with E-state index in [0.717, 1.165) is 16.7 Å². The van der Waals surface area contributed by atoms with Crippen molar-refractivity contribution in [3.05, 3.63) is 59.7 Å². The second kappa shape index (κ2) is 5.83. The van der Waals surface area contributed by atoms with E-state index in [0.29, 0.717) is 5.56 Å². The van der Waals surface area contributed by atoms with E-state index in [1.165, 1.54) is 6.92 Å². The molecule has 0 aliphatic carbocycles. The van der Waals surface area contributed by atoms with E-state index in [-0.39, 0.29) is 12.6 Å². The molecule has 2 rings (SSSR count). The van der Waals surface area contributed by atoms with Crippen molar-refractivity contribution in [1.82, 2.24) is 0 Å². The minimum absolute atomic E-state index is 0.286. The van der Waals surface area contributed by atoms with Crippen LogP contribution < -0.4 is 0 Å². The molecule has 0 aromatic heterocycles. The summed E-state index contributed by atoms with van der Waals surface area (Å²) in [6.45, 7) is 1.68. The molecule has 94 valence electrons. The standard InChI is InChI=1S/C16H13NO2/c1-12(18)19-11-13-5-7-15(8-6-13)16-4-2-3-14(9-16)10-17/h2-9H,11H2,1H3. The van der Waals surface area contributed by atoms with Gasteiger partial charge in [0.25, 0.3) is 0 Å². The molecule has 0 aliphatic rings. The van der Waals surface area contributed by atoms with Crippen LogP contribution in [0.25, 0.3) is 11.1 Å². The van der Waals surface area contributed by atoms with E-state index in [9.17, 15) is 4.79 Å². The topological polar surface area (TPSA) is 50.1 Å². The van der Waals surface area contributed by atoms with Crippen LogP contribution in [0.5, 0.6) is 0 Å². The van der Waals surface area contributed by atoms with Gasteiger partial charge in [-0.15, -0.1) is 0 Å². The Bertz CT molecular complexity index is 624. The van der Waals surface area contributed by atoms with Gasteiger partial charge < -0.3 is 4.74 Å². The Morgan fingerprint density at radius 3 is 2.53 bits per heavy atom. The first-order valence-corrected chi connectivity index (χ1v) is 5.92. The molecular formula is C16H13NO2. The van der Waals surface area contributed by atoms with Crippen molar-refractivity contribution in [2.45, 2.75) is 13.5 Å². The summed E-state index contributed by atoms with van der Waals surface area (Å²) < 4.78 is 4.93. The van der Waals surface area contributed by atoms with Gasteiger partial charge in [-0.05, 0) is 28.8 Å². The third-order valence-corrected chi connectivity index (χ3v) is 2.72. The number of benzene rings is 2. The molecule has 2 aromatic carbocycles. The number of rotatable bonds is 3. The van der Waals surface area contributed by atoms with Gasteiger partial charge in [0.15, 0.2) is 0 Å². The molecule has 3 nitrogen and oxygen atoms in total. The van der Waals surface area contributed by atoms with Gasteiger partial charge in [0.2, 0.25) is 0 Å². The zero-order chi connectivity index (χ0) is 13.7. The number of nitrogens with zero attached hydrogens (tertiary/aromatic N) is 1. The Balaban J connectivity index is 2.18. The number of hydrogen-bond donors (Lipinski definition) is 0. The quantitative estimate of drug-likeness (QED) is 0.786. The zero-order valence-electron chi connectivity index (χ0n) is 10.6. The zero-order valence-corrected chi connectivity index (χ0v) is 10.6. The van der Waals surface area contributed by atoms with Gasteiger partial charge in [0, 0.05) is 6.92 Å². The first-order chi connectivity index (χ1) is 9.19. The van der Waals surface area contributed by atoms with E-state index >= 15 is 0 Å². The van der Waals surface area contributed by atoms with Gasteiger partial charge in [0.05, 0.1) is 11.6 Å². The van der Waals surface area contributed by atoms with Gasteiger partial charge in [0.1, 0.15) is 6.61 Å². The third kappa shape index (κ3) is 3.43. The van der Waals surface area contributed by atoms with Crippen molar-refractivity contribution in [3.63, 3.8) is 0 Å². The highest BCUT2D eigenvalue weighted by Gasteiger charge is 2.01. The maximum absolute atomic E-state index is 10.7. The monoisotopic (exact) mass is 251 g/mol. The minimum Gasteiger partial charge on any atom is -0.461 e. The van der Waals surface area contributed by atoms with E-state index in [4.69, 9.17) is 10.00 Å². The van der Waals surface area contributed by atoms with Crippen molar-refractivity contribution in [1.29, 1.82) is 5.26 Å². The van der Waals surface area contributed by atoms with Crippen molar-refractivity contribution < 1.29 is 9.53 Å². The second-order valence-electron chi connectivity index (χ2n) is 4.17. The molecule has 0 spiro atoms. The number of ether oxygens (including phenoxy) is 1. The predicted octanol–water partition coefficient (Wildman–Crippen LogP) is 3.29. The van der Waals surface area contributed by atoms with E-state index in [2.05, 4.69) is 6.07 Å². The van der Waals surface area contributed by atoms with Crippen LogP contribution in [0.2, 0.25) is 0 Å². The Kier molecular flexibility index (Phi) is 3.94. The first-order valence-electron chi connectivity index (χ1n) is 5.92. The van der Waals surface area contributed by atoms with Gasteiger partial charge in [-0.25, -0.2) is 0 Å². The molecule has 2 aromatic rings. The van der Waals surface area contributed by atoms with Gasteiger partial charge in [-0.1, -0.05) is 36.4 Å². The van der Waals surface area contributed by atoms with Crippen molar-refractivity contribution >= 4 is 5.97 Å². The second-order valence-corrected chi connectivity index (χ2v) is 4.17. The SMILES string of the molecule is CC(=O)OCc1ccc(-c2cccc(C#N)c2)cc1. The maximum atomic E-state index is 10.7. The fourth-order valence-electron chi connectivity index (χ4n) is 1.75. The molecule has 0 bridgehead atoms. The fourth-order valence-corrected chi connectivity index (χ4v) is 1.75. The normalized spacial score (nSPS) is 9.68. The van der Waals surface area contributed by atoms with E-state index in [1.807, 2.05) is 42.5 Å². The predicted molar refractivity (Wildman–Crippen MR) is 72.1 cm³/mol. The Labute approximate surface area is 112 Å². The minimum atomic E-state index is -0.286. The molecule has 0 fully saturated rings. The average molecular weight is 251 g/mol. The molecule has 0 radical (unpaired) electrons. The summed E-state index contributed by atoms with van der Waals surface area (Å²) in [5.41, 5.74) is 3.61. The van der Waals surface area contributed by atoms with Crippen LogP contribution in [0, 0.1) is 11.3 Å². The largest absolute Gasteiger partial charge is 0.461 e. The first kappa shape index (κ1) is 12.8. The number of nitriles is 1. The van der Waals surface area contributed by atoms with Crippen LogP contribution in [0.3, 0.4) is 0 Å². The van der Waals surface area contributed by atoms with E-state index < -0.39 is 0 Å². The molecule has 0 unspecified atom stereocenters. The van der Waals surface area contributed by atoms with Crippen molar-refractivity contribution in [2.24, 2.45) is 0 Å². The lowest BCUT2D eigenvalue weighted by Crippen LogP contribution is -1.98. The smallest absolute Gasteiger partial charge is 0.302 e. The number of hydrogen-bond acceptors (Lipinski definition) is 3. The van der Waals surface area contributed by atoms with Crippen LogP contribution in [0.15, 0.2) is 48.5 Å². The van der Waals surface area contributed by atoms with Crippen molar-refractivity contribution in [3.8, 4) is 17.2 Å². The highest BCUT2D eigenvalue weighted by atomic mass is 16.5. The average Bonchev–Trinajstić information content (AvgIpc) is 2.45. The summed E-state index contributed by atoms with van der Waals surface area (Å²) >= 11 is 0. The van der Waals surface area contributed by atoms with Gasteiger partial charge in [-0.2, -0.15) is 5.26 Å². The molecule has 0 amide bonds. The van der Waals surface area contributed by atoms with Crippen LogP contribution in [-0.2, 0) is 16.1 Å². The summed E-state index contributed by atoms with van der Waals surface area (Å²) in [5, 5.41) is 8.88. The van der Waals surface area contributed by atoms with Gasteiger partial charge >= 0.3 is 5.97 Å². The van der Waals surface area contributed by atoms with Gasteiger partial charge in [-0.3, -0.25) is 4.79 Å². The molecule has 0 aliphatic heterocycles. The Morgan fingerprint density at radius 2 is 1.89 bits per heavy atom. The van der Waals surface area contributed by atoms with Crippen molar-refractivity contribution in [2.75, 3.05) is 0 Å². The molecule has 19 heavy (non-hydrogen) atoms. The summed E-state index contributed by atoms with van der Waals surface area (Å²) in [7, 11) is 0. The summed E-state index contributed by atoms with van der Waals surface area (Å²) in [5.74, 6) is -0.286. The highest BCUT2D eigenvalue weighted by molar-refractivity contribution is 5.66. The third-order valence-electron chi connectivity index (χ3n) is 2.72. The maximum Gasteiger partial charge on any atom is 0.302 e. The number of esters is 1. The van der Waals surface area contributed by atoms with Crippen LogP contribution in [-0.4, -0.2) is 5.97 Å². The van der Waals surface area contributed by atoms with Crippen LogP contribution in [0.4, 0.5) is 0 Å². The number of carbonyl (C=O) groups excluding carboxylic acids is 1. The summed E-state index contributed by atoms with van der Waals surface area (Å²) in [6, 6.07) is 17.3. The van der Waals surface area contributed by atoms with Crippen LogP contribution >= 0.6 is 0 Å². The Hall–Kier alpha value is -2.60. The number of carbonyl (C=O) groups is 1. The summed E-state index contributed by atoms with van der Waals surface area (Å²) in [6.07, 6.45) is 0. The Morgan fingerprint density at radius 1 is 1.16 bits per heavy atom.